The molecule has 0 saturated carbocycles. The van der Waals surface area contributed by atoms with Gasteiger partial charge in [-0.25, -0.2) is 0 Å². The molecule has 3 nitrogen and oxygen atoms in total. The number of quaternary nitrogens is 1. The van der Waals surface area contributed by atoms with Crippen LogP contribution in [0.3, 0.4) is 0 Å². The molecule has 2 N–H and O–H groups in total. The monoisotopic (exact) mass is 386 g/mol. The number of rotatable bonds is 7. The van der Waals surface area contributed by atoms with Crippen molar-refractivity contribution >= 4 is 15.9 Å². The van der Waals surface area contributed by atoms with Gasteiger partial charge in [0, 0.05) is 16.5 Å². The summed E-state index contributed by atoms with van der Waals surface area (Å²) in [5, 5.41) is 2.27. The van der Waals surface area contributed by atoms with Gasteiger partial charge in [-0.3, -0.25) is 0 Å². The van der Waals surface area contributed by atoms with Crippen molar-refractivity contribution in [2.75, 3.05) is 13.7 Å². The fourth-order valence-electron chi connectivity index (χ4n) is 2.56. The highest BCUT2D eigenvalue weighted by molar-refractivity contribution is 9.10. The zero-order valence-electron chi connectivity index (χ0n) is 13.7. The molecule has 124 valence electrons. The van der Waals surface area contributed by atoms with Crippen LogP contribution in [0, 0.1) is 0 Å². The SMILES string of the molecule is COc1ccc(CC[NH2+]Cc2ccc(-c3ccc(Br)cc3)o2)cc1. The maximum Gasteiger partial charge on any atom is 0.158 e. The number of benzene rings is 2. The van der Waals surface area contributed by atoms with Crippen molar-refractivity contribution in [3.05, 3.63) is 76.5 Å². The normalized spacial score (nSPS) is 10.8. The van der Waals surface area contributed by atoms with Crippen molar-refractivity contribution in [1.82, 2.24) is 0 Å². The first-order valence-electron chi connectivity index (χ1n) is 8.04. The number of methoxy groups -OCH3 is 1. The third kappa shape index (κ3) is 4.49. The van der Waals surface area contributed by atoms with E-state index in [4.69, 9.17) is 9.15 Å². The number of furan rings is 1. The van der Waals surface area contributed by atoms with Crippen LogP contribution in [0.4, 0.5) is 0 Å². The highest BCUT2D eigenvalue weighted by Gasteiger charge is 2.06. The fraction of sp³-hybridized carbons (Fsp3) is 0.200. The molecule has 0 amide bonds. The van der Waals surface area contributed by atoms with Gasteiger partial charge in [-0.15, -0.1) is 0 Å². The van der Waals surface area contributed by atoms with Gasteiger partial charge >= 0.3 is 0 Å². The summed E-state index contributed by atoms with van der Waals surface area (Å²) in [5.74, 6) is 2.82. The predicted octanol–water partition coefficient (Wildman–Crippen LogP) is 4.02. The minimum absolute atomic E-state index is 0.854. The van der Waals surface area contributed by atoms with Gasteiger partial charge in [-0.05, 0) is 42.0 Å². The summed E-state index contributed by atoms with van der Waals surface area (Å²) in [6.45, 7) is 1.88. The van der Waals surface area contributed by atoms with Crippen molar-refractivity contribution in [2.24, 2.45) is 0 Å². The fourth-order valence-corrected chi connectivity index (χ4v) is 2.83. The van der Waals surface area contributed by atoms with E-state index >= 15 is 0 Å². The summed E-state index contributed by atoms with van der Waals surface area (Å²) >= 11 is 3.45. The van der Waals surface area contributed by atoms with Gasteiger partial charge in [-0.1, -0.05) is 40.2 Å². The standard InChI is InChI=1S/C20H20BrNO2/c1-23-18-8-2-15(3-9-18)12-13-22-14-19-10-11-20(24-19)16-4-6-17(21)7-5-16/h2-11,22H,12-14H2,1H3/p+1. The lowest BCUT2D eigenvalue weighted by Crippen LogP contribution is -2.83. The lowest BCUT2D eigenvalue weighted by molar-refractivity contribution is -0.671. The predicted molar refractivity (Wildman–Crippen MR) is 99.0 cm³/mol. The molecule has 3 aromatic rings. The molecule has 1 aromatic heterocycles. The van der Waals surface area contributed by atoms with Crippen LogP contribution >= 0.6 is 15.9 Å². The molecule has 3 rings (SSSR count). The van der Waals surface area contributed by atoms with E-state index in [-0.39, 0.29) is 0 Å². The first-order chi connectivity index (χ1) is 11.7. The first kappa shape index (κ1) is 16.8. The van der Waals surface area contributed by atoms with E-state index in [2.05, 4.69) is 51.6 Å². The number of ether oxygens (including phenoxy) is 1. The summed E-state index contributed by atoms with van der Waals surface area (Å²) in [7, 11) is 1.69. The number of hydrogen-bond donors (Lipinski definition) is 1. The Morgan fingerprint density at radius 1 is 0.958 bits per heavy atom. The molecular formula is C20H21BrNO2+. The van der Waals surface area contributed by atoms with E-state index in [9.17, 15) is 0 Å². The zero-order valence-corrected chi connectivity index (χ0v) is 15.3. The molecule has 0 radical (unpaired) electrons. The molecule has 0 bridgehead atoms. The van der Waals surface area contributed by atoms with Gasteiger partial charge in [0.05, 0.1) is 13.7 Å². The Kier molecular flexibility index (Phi) is 5.72. The second-order valence-electron chi connectivity index (χ2n) is 5.65. The van der Waals surface area contributed by atoms with Crippen LogP contribution in [0.25, 0.3) is 11.3 Å². The van der Waals surface area contributed by atoms with E-state index in [1.165, 1.54) is 5.56 Å². The van der Waals surface area contributed by atoms with Crippen LogP contribution < -0.4 is 10.1 Å². The summed E-state index contributed by atoms with van der Waals surface area (Å²) < 4.78 is 12.2. The van der Waals surface area contributed by atoms with Crippen molar-refractivity contribution in [1.29, 1.82) is 0 Å². The van der Waals surface area contributed by atoms with E-state index in [0.29, 0.717) is 0 Å². The largest absolute Gasteiger partial charge is 0.497 e. The topological polar surface area (TPSA) is 39.0 Å². The number of halogens is 1. The molecule has 4 heteroatoms. The van der Waals surface area contributed by atoms with Gasteiger partial charge in [0.2, 0.25) is 0 Å². The van der Waals surface area contributed by atoms with E-state index in [1.54, 1.807) is 7.11 Å². The zero-order chi connectivity index (χ0) is 16.8. The van der Waals surface area contributed by atoms with Crippen LogP contribution in [0.1, 0.15) is 11.3 Å². The van der Waals surface area contributed by atoms with Crippen LogP contribution in [-0.4, -0.2) is 13.7 Å². The minimum atomic E-state index is 0.854. The lowest BCUT2D eigenvalue weighted by atomic mass is 10.1. The highest BCUT2D eigenvalue weighted by atomic mass is 79.9. The molecule has 0 unspecified atom stereocenters. The van der Waals surface area contributed by atoms with E-state index in [1.807, 2.05) is 30.3 Å². The third-order valence-corrected chi connectivity index (χ3v) is 4.46. The summed E-state index contributed by atoms with van der Waals surface area (Å²) in [4.78, 5) is 0. The first-order valence-corrected chi connectivity index (χ1v) is 8.83. The molecule has 0 aliphatic rings. The lowest BCUT2D eigenvalue weighted by Gasteiger charge is -2.03. The van der Waals surface area contributed by atoms with Crippen LogP contribution in [0.5, 0.6) is 5.75 Å². The molecular weight excluding hydrogens is 366 g/mol. The summed E-state index contributed by atoms with van der Waals surface area (Å²) in [6.07, 6.45) is 1.03. The molecule has 1 heterocycles. The summed E-state index contributed by atoms with van der Waals surface area (Å²) in [6, 6.07) is 20.5. The smallest absolute Gasteiger partial charge is 0.158 e. The van der Waals surface area contributed by atoms with Gasteiger partial charge in [0.15, 0.2) is 5.76 Å². The quantitative estimate of drug-likeness (QED) is 0.622. The molecule has 0 spiro atoms. The Morgan fingerprint density at radius 3 is 2.42 bits per heavy atom. The van der Waals surface area contributed by atoms with Gasteiger partial charge in [-0.2, -0.15) is 0 Å². The Balaban J connectivity index is 1.47. The average molecular weight is 387 g/mol. The van der Waals surface area contributed by atoms with Crippen molar-refractivity contribution in [3.63, 3.8) is 0 Å². The molecule has 0 saturated heterocycles. The molecule has 0 aliphatic carbocycles. The minimum Gasteiger partial charge on any atom is -0.497 e. The van der Waals surface area contributed by atoms with Crippen LogP contribution in [-0.2, 0) is 13.0 Å². The van der Waals surface area contributed by atoms with Crippen molar-refractivity contribution in [2.45, 2.75) is 13.0 Å². The molecule has 24 heavy (non-hydrogen) atoms. The Bertz CT molecular complexity index is 763. The van der Waals surface area contributed by atoms with Crippen LogP contribution in [0.15, 0.2) is 69.6 Å². The Morgan fingerprint density at radius 2 is 1.71 bits per heavy atom. The second-order valence-corrected chi connectivity index (χ2v) is 6.57. The van der Waals surface area contributed by atoms with Crippen LogP contribution in [0.2, 0.25) is 0 Å². The maximum atomic E-state index is 5.93. The molecule has 0 aliphatic heterocycles. The van der Waals surface area contributed by atoms with E-state index in [0.717, 1.165) is 46.8 Å². The Hall–Kier alpha value is -2.04. The van der Waals surface area contributed by atoms with Gasteiger partial charge in [0.1, 0.15) is 18.1 Å². The second kappa shape index (κ2) is 8.18. The summed E-state index contributed by atoms with van der Waals surface area (Å²) in [5.41, 5.74) is 2.42. The molecule has 0 atom stereocenters. The number of hydrogen-bond acceptors (Lipinski definition) is 2. The molecule has 0 fully saturated rings. The molecule has 2 aromatic carbocycles. The van der Waals surface area contributed by atoms with Crippen molar-refractivity contribution < 1.29 is 14.5 Å². The number of nitrogens with two attached hydrogens (primary N) is 1. The Labute approximate surface area is 150 Å². The highest BCUT2D eigenvalue weighted by Crippen LogP contribution is 2.23. The van der Waals surface area contributed by atoms with Gasteiger partial charge in [0.25, 0.3) is 0 Å². The maximum absolute atomic E-state index is 5.93. The average Bonchev–Trinajstić information content (AvgIpc) is 3.09. The third-order valence-electron chi connectivity index (χ3n) is 3.93. The van der Waals surface area contributed by atoms with Crippen molar-refractivity contribution in [3.8, 4) is 17.1 Å². The van der Waals surface area contributed by atoms with E-state index < -0.39 is 0 Å². The van der Waals surface area contributed by atoms with Gasteiger partial charge < -0.3 is 14.5 Å².